The van der Waals surface area contributed by atoms with E-state index in [4.69, 9.17) is 5.11 Å². The molecule has 102 valence electrons. The molecule has 0 spiro atoms. The van der Waals surface area contributed by atoms with Crippen molar-refractivity contribution in [3.63, 3.8) is 0 Å². The number of hydrogen-bond acceptors (Lipinski definition) is 5. The lowest BCUT2D eigenvalue weighted by Crippen LogP contribution is -2.43. The van der Waals surface area contributed by atoms with E-state index >= 15 is 0 Å². The maximum Gasteiger partial charge on any atom is 0.328 e. The third-order valence-electron chi connectivity index (χ3n) is 2.79. The molecule has 0 aromatic carbocycles. The molecule has 0 atom stereocenters. The lowest BCUT2D eigenvalue weighted by molar-refractivity contribution is -0.131. The molecular formula is C13H17N3O2S. The number of hydrogen-bond donors (Lipinski definition) is 1. The highest BCUT2D eigenvalue weighted by molar-refractivity contribution is 8.00. The van der Waals surface area contributed by atoms with Crippen LogP contribution in [0, 0.1) is 0 Å². The van der Waals surface area contributed by atoms with Gasteiger partial charge in [-0.05, 0) is 19.9 Å². The second-order valence-electron chi connectivity index (χ2n) is 5.02. The normalized spacial score (nSPS) is 18.7. The van der Waals surface area contributed by atoms with Crippen LogP contribution in [0.3, 0.4) is 0 Å². The third-order valence-corrected chi connectivity index (χ3v) is 4.08. The van der Waals surface area contributed by atoms with Gasteiger partial charge in [-0.1, -0.05) is 0 Å². The zero-order valence-corrected chi connectivity index (χ0v) is 11.9. The molecule has 1 aromatic heterocycles. The molecule has 0 aliphatic carbocycles. The third kappa shape index (κ3) is 3.96. The predicted octanol–water partition coefficient (Wildman–Crippen LogP) is 1.91. The van der Waals surface area contributed by atoms with E-state index < -0.39 is 5.97 Å². The van der Waals surface area contributed by atoms with Crippen LogP contribution < -0.4 is 4.90 Å². The van der Waals surface area contributed by atoms with E-state index in [1.54, 1.807) is 12.4 Å². The molecule has 2 heterocycles. The summed E-state index contributed by atoms with van der Waals surface area (Å²) >= 11 is 1.96. The van der Waals surface area contributed by atoms with Gasteiger partial charge in [0, 0.05) is 47.6 Å². The number of carboxylic acid groups (broad SMARTS) is 1. The highest BCUT2D eigenvalue weighted by Gasteiger charge is 2.28. The minimum absolute atomic E-state index is 0.212. The molecule has 0 amide bonds. The Morgan fingerprint density at radius 2 is 2.16 bits per heavy atom. The number of thioether (sulfide) groups is 1. The van der Waals surface area contributed by atoms with Gasteiger partial charge < -0.3 is 10.0 Å². The van der Waals surface area contributed by atoms with Crippen LogP contribution in [0.4, 0.5) is 5.95 Å². The van der Waals surface area contributed by atoms with Crippen LogP contribution >= 0.6 is 11.8 Å². The molecular weight excluding hydrogens is 262 g/mol. The first-order valence-electron chi connectivity index (χ1n) is 6.08. The van der Waals surface area contributed by atoms with Gasteiger partial charge in [0.2, 0.25) is 5.95 Å². The van der Waals surface area contributed by atoms with E-state index in [0.29, 0.717) is 11.5 Å². The Kier molecular flexibility index (Phi) is 4.09. The fraction of sp³-hybridized carbons (Fsp3) is 0.462. The molecule has 6 heteroatoms. The molecule has 1 aromatic rings. The molecule has 0 saturated carbocycles. The Labute approximate surface area is 116 Å². The molecule has 19 heavy (non-hydrogen) atoms. The quantitative estimate of drug-likeness (QED) is 0.853. The van der Waals surface area contributed by atoms with Crippen molar-refractivity contribution < 1.29 is 9.90 Å². The van der Waals surface area contributed by atoms with Crippen molar-refractivity contribution in [2.45, 2.75) is 18.6 Å². The van der Waals surface area contributed by atoms with E-state index in [0.717, 1.165) is 24.9 Å². The molecule has 5 nitrogen and oxygen atoms in total. The zero-order valence-electron chi connectivity index (χ0n) is 11.0. The number of aliphatic carboxylic acids is 1. The monoisotopic (exact) mass is 279 g/mol. The van der Waals surface area contributed by atoms with Crippen LogP contribution in [0.2, 0.25) is 0 Å². The summed E-state index contributed by atoms with van der Waals surface area (Å²) in [6.07, 6.45) is 5.87. The summed E-state index contributed by atoms with van der Waals surface area (Å²) in [6.45, 7) is 6.29. The SMILES string of the molecule is CC1(C)CN(c2ncc(/C=C/C(=O)O)cn2)CCS1. The summed E-state index contributed by atoms with van der Waals surface area (Å²) in [5.74, 6) is 0.802. The van der Waals surface area contributed by atoms with Gasteiger partial charge in [0.1, 0.15) is 0 Å². The van der Waals surface area contributed by atoms with Crippen LogP contribution in [-0.2, 0) is 4.79 Å². The minimum Gasteiger partial charge on any atom is -0.478 e. The smallest absolute Gasteiger partial charge is 0.328 e. The van der Waals surface area contributed by atoms with Crippen LogP contribution in [0.15, 0.2) is 18.5 Å². The maximum absolute atomic E-state index is 10.4. The van der Waals surface area contributed by atoms with Gasteiger partial charge >= 0.3 is 5.97 Å². The molecule has 1 aliphatic rings. The molecule has 0 bridgehead atoms. The van der Waals surface area contributed by atoms with Gasteiger partial charge in [-0.15, -0.1) is 0 Å². The van der Waals surface area contributed by atoms with Gasteiger partial charge in [-0.25, -0.2) is 14.8 Å². The number of aromatic nitrogens is 2. The lowest BCUT2D eigenvalue weighted by atomic mass is 10.2. The van der Waals surface area contributed by atoms with E-state index in [-0.39, 0.29) is 4.75 Å². The fourth-order valence-corrected chi connectivity index (χ4v) is 3.05. The summed E-state index contributed by atoms with van der Waals surface area (Å²) < 4.78 is 0.212. The Hall–Kier alpha value is -1.56. The number of carbonyl (C=O) groups is 1. The molecule has 1 fully saturated rings. The Morgan fingerprint density at radius 3 is 2.74 bits per heavy atom. The zero-order chi connectivity index (χ0) is 13.9. The van der Waals surface area contributed by atoms with E-state index in [9.17, 15) is 4.79 Å². The van der Waals surface area contributed by atoms with Crippen molar-refractivity contribution >= 4 is 29.8 Å². The lowest BCUT2D eigenvalue weighted by Gasteiger charge is -2.37. The van der Waals surface area contributed by atoms with Crippen LogP contribution in [0.5, 0.6) is 0 Å². The van der Waals surface area contributed by atoms with Gasteiger partial charge in [0.25, 0.3) is 0 Å². The van der Waals surface area contributed by atoms with E-state index in [1.165, 1.54) is 6.08 Å². The predicted molar refractivity (Wildman–Crippen MR) is 77.5 cm³/mol. The van der Waals surface area contributed by atoms with Crippen LogP contribution in [0.1, 0.15) is 19.4 Å². The Morgan fingerprint density at radius 1 is 1.47 bits per heavy atom. The molecule has 0 unspecified atom stereocenters. The fourth-order valence-electron chi connectivity index (χ4n) is 1.94. The van der Waals surface area contributed by atoms with Crippen molar-refractivity contribution in [3.05, 3.63) is 24.0 Å². The summed E-state index contributed by atoms with van der Waals surface area (Å²) in [6, 6.07) is 0. The Balaban J connectivity index is 2.08. The molecule has 1 saturated heterocycles. The number of rotatable bonds is 3. The first kappa shape index (κ1) is 13.9. The number of carboxylic acids is 1. The average Bonchev–Trinajstić information content (AvgIpc) is 2.36. The molecule has 1 aliphatic heterocycles. The highest BCUT2D eigenvalue weighted by atomic mass is 32.2. The highest BCUT2D eigenvalue weighted by Crippen LogP contribution is 2.30. The topological polar surface area (TPSA) is 66.3 Å². The van der Waals surface area contributed by atoms with Crippen LogP contribution in [-0.4, -0.2) is 44.6 Å². The number of nitrogens with zero attached hydrogens (tertiary/aromatic N) is 3. The van der Waals surface area contributed by atoms with Crippen molar-refractivity contribution in [1.29, 1.82) is 0 Å². The van der Waals surface area contributed by atoms with Crippen LogP contribution in [0.25, 0.3) is 6.08 Å². The second-order valence-corrected chi connectivity index (χ2v) is 6.82. The summed E-state index contributed by atoms with van der Waals surface area (Å²) in [5, 5.41) is 8.55. The average molecular weight is 279 g/mol. The summed E-state index contributed by atoms with van der Waals surface area (Å²) in [5.41, 5.74) is 0.691. The first-order chi connectivity index (χ1) is 8.96. The summed E-state index contributed by atoms with van der Waals surface area (Å²) in [4.78, 5) is 21.2. The largest absolute Gasteiger partial charge is 0.478 e. The Bertz CT molecular complexity index is 485. The van der Waals surface area contributed by atoms with Crippen molar-refractivity contribution in [1.82, 2.24) is 9.97 Å². The standard InChI is InChI=1S/C13H17N3O2S/c1-13(2)9-16(5-6-19-13)12-14-7-10(8-15-12)3-4-11(17)18/h3-4,7-8H,5-6,9H2,1-2H3,(H,17,18)/b4-3+. The van der Waals surface area contributed by atoms with Crippen molar-refractivity contribution in [2.24, 2.45) is 0 Å². The maximum atomic E-state index is 10.4. The van der Waals surface area contributed by atoms with Gasteiger partial charge in [0.15, 0.2) is 0 Å². The second kappa shape index (κ2) is 5.61. The molecule has 0 radical (unpaired) electrons. The van der Waals surface area contributed by atoms with Crippen molar-refractivity contribution in [2.75, 3.05) is 23.7 Å². The van der Waals surface area contributed by atoms with Gasteiger partial charge in [-0.2, -0.15) is 11.8 Å². The van der Waals surface area contributed by atoms with Gasteiger partial charge in [-0.3, -0.25) is 0 Å². The van der Waals surface area contributed by atoms with Gasteiger partial charge in [0.05, 0.1) is 0 Å². The van der Waals surface area contributed by atoms with E-state index in [1.807, 2.05) is 11.8 Å². The minimum atomic E-state index is -0.973. The summed E-state index contributed by atoms with van der Waals surface area (Å²) in [7, 11) is 0. The first-order valence-corrected chi connectivity index (χ1v) is 7.07. The molecule has 2 rings (SSSR count). The number of anilines is 1. The van der Waals surface area contributed by atoms with E-state index in [2.05, 4.69) is 28.7 Å². The molecule has 1 N–H and O–H groups in total. The van der Waals surface area contributed by atoms with Crippen molar-refractivity contribution in [3.8, 4) is 0 Å².